The van der Waals surface area contributed by atoms with Crippen LogP contribution in [0.2, 0.25) is 0 Å². The Labute approximate surface area is 204 Å². The van der Waals surface area contributed by atoms with Crippen LogP contribution in [0.15, 0.2) is 60.7 Å². The second-order valence-electron chi connectivity index (χ2n) is 9.51. The molecule has 0 radical (unpaired) electrons. The summed E-state index contributed by atoms with van der Waals surface area (Å²) >= 11 is 0. The third kappa shape index (κ3) is 4.38. The topological polar surface area (TPSA) is 49.8 Å². The van der Waals surface area contributed by atoms with Crippen LogP contribution >= 0.6 is 0 Å². The highest BCUT2D eigenvalue weighted by atomic mass is 19.3. The molecule has 2 aliphatic rings. The number of ether oxygens (including phenoxy) is 1. The Morgan fingerprint density at radius 3 is 2.43 bits per heavy atom. The maximum atomic E-state index is 14.8. The summed E-state index contributed by atoms with van der Waals surface area (Å²) < 4.78 is 35.4. The number of carbonyl (C=O) groups is 1. The molecule has 1 N–H and O–H groups in total. The summed E-state index contributed by atoms with van der Waals surface area (Å²) in [5, 5.41) is 9.90. The van der Waals surface area contributed by atoms with Gasteiger partial charge in [0.25, 0.3) is 5.92 Å². The molecule has 0 bridgehead atoms. The number of phenolic OH excluding ortho intramolecular Hbond substituents is 1. The van der Waals surface area contributed by atoms with Gasteiger partial charge in [-0.3, -0.25) is 0 Å². The minimum absolute atomic E-state index is 0.0874. The number of aldehydes is 1. The molecule has 1 fully saturated rings. The van der Waals surface area contributed by atoms with Crippen molar-refractivity contribution in [2.75, 3.05) is 25.1 Å². The minimum atomic E-state index is -2.98. The van der Waals surface area contributed by atoms with Gasteiger partial charge in [0.05, 0.1) is 7.11 Å². The van der Waals surface area contributed by atoms with Crippen LogP contribution in [0.1, 0.15) is 48.3 Å². The SMILES string of the molecule is COc1cc(N2CCC(C=O)CC2)c(-c2ccccc2)cc1[C@H]1CCC(F)(F)c2cc(O)ccc21. The van der Waals surface area contributed by atoms with E-state index in [0.717, 1.165) is 54.6 Å². The van der Waals surface area contributed by atoms with Gasteiger partial charge in [0.2, 0.25) is 0 Å². The highest BCUT2D eigenvalue weighted by molar-refractivity contribution is 5.82. The lowest BCUT2D eigenvalue weighted by Crippen LogP contribution is -2.34. The first-order valence-corrected chi connectivity index (χ1v) is 12.1. The van der Waals surface area contributed by atoms with Gasteiger partial charge in [-0.1, -0.05) is 36.4 Å². The van der Waals surface area contributed by atoms with Crippen molar-refractivity contribution in [3.63, 3.8) is 0 Å². The molecule has 4 nitrogen and oxygen atoms in total. The minimum Gasteiger partial charge on any atom is -0.508 e. The summed E-state index contributed by atoms with van der Waals surface area (Å²) in [4.78, 5) is 13.6. The zero-order chi connectivity index (χ0) is 24.6. The summed E-state index contributed by atoms with van der Waals surface area (Å²) in [5.74, 6) is -2.67. The highest BCUT2D eigenvalue weighted by Crippen LogP contribution is 2.51. The lowest BCUT2D eigenvalue weighted by atomic mass is 9.76. The maximum absolute atomic E-state index is 14.8. The number of phenols is 1. The molecular formula is C29H29F2NO3. The molecule has 182 valence electrons. The van der Waals surface area contributed by atoms with E-state index in [4.69, 9.17) is 4.74 Å². The van der Waals surface area contributed by atoms with Crippen LogP contribution in [0.3, 0.4) is 0 Å². The van der Waals surface area contributed by atoms with Crippen LogP contribution in [0.25, 0.3) is 11.1 Å². The van der Waals surface area contributed by atoms with E-state index in [-0.39, 0.29) is 36.0 Å². The number of fused-ring (bicyclic) bond motifs is 1. The zero-order valence-corrected chi connectivity index (χ0v) is 19.7. The normalized spacial score (nSPS) is 19.7. The number of aromatic hydroxyl groups is 1. The van der Waals surface area contributed by atoms with Crippen LogP contribution < -0.4 is 9.64 Å². The number of rotatable bonds is 5. The quantitative estimate of drug-likeness (QED) is 0.426. The average Bonchev–Trinajstić information content (AvgIpc) is 2.89. The molecule has 1 saturated heterocycles. The number of benzene rings is 3. The van der Waals surface area contributed by atoms with E-state index in [9.17, 15) is 18.7 Å². The lowest BCUT2D eigenvalue weighted by Gasteiger charge is -2.35. The van der Waals surface area contributed by atoms with Crippen molar-refractivity contribution >= 4 is 12.0 Å². The van der Waals surface area contributed by atoms with Crippen molar-refractivity contribution < 1.29 is 23.4 Å². The summed E-state index contributed by atoms with van der Waals surface area (Å²) in [6.45, 7) is 1.53. The summed E-state index contributed by atoms with van der Waals surface area (Å²) in [6.07, 6.45) is 2.64. The molecule has 1 aliphatic carbocycles. The Hall–Kier alpha value is -3.41. The third-order valence-corrected chi connectivity index (χ3v) is 7.43. The van der Waals surface area contributed by atoms with Crippen LogP contribution in [-0.4, -0.2) is 31.6 Å². The fourth-order valence-electron chi connectivity index (χ4n) is 5.53. The number of piperidine rings is 1. The molecule has 1 heterocycles. The van der Waals surface area contributed by atoms with Crippen LogP contribution in [0.5, 0.6) is 11.5 Å². The van der Waals surface area contributed by atoms with E-state index in [2.05, 4.69) is 11.0 Å². The molecule has 3 aromatic carbocycles. The molecule has 5 rings (SSSR count). The van der Waals surface area contributed by atoms with E-state index >= 15 is 0 Å². The number of hydrogen-bond acceptors (Lipinski definition) is 4. The molecule has 6 heteroatoms. The van der Waals surface area contributed by atoms with E-state index in [0.29, 0.717) is 11.3 Å². The lowest BCUT2D eigenvalue weighted by molar-refractivity contribution is -0.111. The molecule has 35 heavy (non-hydrogen) atoms. The first-order valence-electron chi connectivity index (χ1n) is 12.1. The van der Waals surface area contributed by atoms with Crippen LogP contribution in [-0.2, 0) is 10.7 Å². The molecule has 1 aliphatic heterocycles. The van der Waals surface area contributed by atoms with Gasteiger partial charge in [-0.2, -0.15) is 0 Å². The number of hydrogen-bond donors (Lipinski definition) is 1. The van der Waals surface area contributed by atoms with Gasteiger partial charge >= 0.3 is 0 Å². The molecule has 0 unspecified atom stereocenters. The first kappa shape index (κ1) is 23.3. The Bertz CT molecular complexity index is 1220. The smallest absolute Gasteiger partial charge is 0.273 e. The van der Waals surface area contributed by atoms with Gasteiger partial charge < -0.3 is 19.5 Å². The first-order chi connectivity index (χ1) is 16.9. The molecule has 0 spiro atoms. The van der Waals surface area contributed by atoms with Crippen molar-refractivity contribution in [3.8, 4) is 22.6 Å². The van der Waals surface area contributed by atoms with Crippen molar-refractivity contribution in [2.45, 2.75) is 37.5 Å². The standard InChI is InChI=1S/C29H29F2NO3/c1-35-28-17-27(32-13-10-19(18-33)11-14-32)24(20-5-3-2-4-6-20)16-25(28)22-9-12-29(30,31)26-15-21(34)7-8-23(22)26/h2-8,15-19,22,34H,9-14H2,1H3/t22-/m0/s1. The zero-order valence-electron chi connectivity index (χ0n) is 19.7. The largest absolute Gasteiger partial charge is 0.508 e. The Balaban J connectivity index is 1.65. The van der Waals surface area contributed by atoms with E-state index < -0.39 is 5.92 Å². The predicted octanol–water partition coefficient (Wildman–Crippen LogP) is 6.50. The van der Waals surface area contributed by atoms with E-state index in [1.54, 1.807) is 13.2 Å². The molecule has 0 saturated carbocycles. The third-order valence-electron chi connectivity index (χ3n) is 7.43. The number of methoxy groups -OCH3 is 1. The number of nitrogens with zero attached hydrogens (tertiary/aromatic N) is 1. The molecule has 3 aromatic rings. The summed E-state index contributed by atoms with van der Waals surface area (Å²) in [6, 6.07) is 18.4. The van der Waals surface area contributed by atoms with Crippen LogP contribution in [0, 0.1) is 5.92 Å². The molecular weight excluding hydrogens is 448 g/mol. The molecule has 1 atom stereocenters. The van der Waals surface area contributed by atoms with Gasteiger partial charge in [-0.15, -0.1) is 0 Å². The summed E-state index contributed by atoms with van der Waals surface area (Å²) in [7, 11) is 1.61. The highest BCUT2D eigenvalue weighted by Gasteiger charge is 2.42. The fraction of sp³-hybridized carbons (Fsp3) is 0.345. The number of anilines is 1. The van der Waals surface area contributed by atoms with Gasteiger partial charge in [0, 0.05) is 59.8 Å². The number of halogens is 2. The van der Waals surface area contributed by atoms with Crippen LogP contribution in [0.4, 0.5) is 14.5 Å². The maximum Gasteiger partial charge on any atom is 0.273 e. The Kier molecular flexibility index (Phi) is 6.22. The second-order valence-corrected chi connectivity index (χ2v) is 9.51. The Morgan fingerprint density at radius 2 is 1.74 bits per heavy atom. The van der Waals surface area contributed by atoms with Crippen molar-refractivity contribution in [3.05, 3.63) is 77.4 Å². The van der Waals surface area contributed by atoms with Crippen molar-refractivity contribution in [1.29, 1.82) is 0 Å². The van der Waals surface area contributed by atoms with Gasteiger partial charge in [-0.25, -0.2) is 8.78 Å². The molecule has 0 aromatic heterocycles. The van der Waals surface area contributed by atoms with Gasteiger partial charge in [-0.05, 0) is 48.6 Å². The van der Waals surface area contributed by atoms with E-state index in [1.807, 2.05) is 36.4 Å². The van der Waals surface area contributed by atoms with Gasteiger partial charge in [0.15, 0.2) is 0 Å². The van der Waals surface area contributed by atoms with E-state index in [1.165, 1.54) is 12.1 Å². The van der Waals surface area contributed by atoms with Crippen molar-refractivity contribution in [1.82, 2.24) is 0 Å². The molecule has 0 amide bonds. The average molecular weight is 478 g/mol. The Morgan fingerprint density at radius 1 is 1.00 bits per heavy atom. The van der Waals surface area contributed by atoms with Crippen molar-refractivity contribution in [2.24, 2.45) is 5.92 Å². The second kappa shape index (κ2) is 9.33. The fourth-order valence-corrected chi connectivity index (χ4v) is 5.53. The van der Waals surface area contributed by atoms with Gasteiger partial charge in [0.1, 0.15) is 17.8 Å². The predicted molar refractivity (Wildman–Crippen MR) is 133 cm³/mol. The monoisotopic (exact) mass is 477 g/mol. The summed E-state index contributed by atoms with van der Waals surface area (Å²) in [5.41, 5.74) is 4.35. The number of alkyl halides is 2. The number of carbonyl (C=O) groups excluding carboxylic acids is 1.